The number of benzene rings is 2. The van der Waals surface area contributed by atoms with Gasteiger partial charge in [0.2, 0.25) is 0 Å². The molecule has 0 saturated heterocycles. The third kappa shape index (κ3) is 3.80. The molecule has 0 fully saturated rings. The number of amides is 1. The molecule has 2 aromatic carbocycles. The number of aromatic nitrogens is 2. The van der Waals surface area contributed by atoms with Crippen molar-refractivity contribution in [3.05, 3.63) is 65.4 Å². The fourth-order valence-electron chi connectivity index (χ4n) is 2.42. The van der Waals surface area contributed by atoms with E-state index in [1.54, 1.807) is 24.4 Å². The lowest BCUT2D eigenvalue weighted by Crippen LogP contribution is -2.28. The van der Waals surface area contributed by atoms with Crippen LogP contribution in [0.1, 0.15) is 27.6 Å². The zero-order chi connectivity index (χ0) is 18.0. The number of hydrogen-bond acceptors (Lipinski definition) is 3. The molecule has 0 aliphatic carbocycles. The van der Waals surface area contributed by atoms with Gasteiger partial charge in [-0.2, -0.15) is 18.3 Å². The van der Waals surface area contributed by atoms with E-state index in [1.807, 2.05) is 0 Å². The average molecular weight is 349 g/mol. The molecule has 8 heteroatoms. The number of alkyl halides is 3. The largest absolute Gasteiger partial charge is 0.416 e. The van der Waals surface area contributed by atoms with Gasteiger partial charge in [-0.25, -0.2) is 0 Å². The summed E-state index contributed by atoms with van der Waals surface area (Å²) in [5.74, 6) is -0.436. The quantitative estimate of drug-likeness (QED) is 0.677. The first kappa shape index (κ1) is 17.0. The van der Waals surface area contributed by atoms with E-state index >= 15 is 0 Å². The Balaban J connectivity index is 1.67. The zero-order valence-corrected chi connectivity index (χ0v) is 12.8. The summed E-state index contributed by atoms with van der Waals surface area (Å²) in [6, 6.07) is 9.31. The predicted molar refractivity (Wildman–Crippen MR) is 84.8 cm³/mol. The van der Waals surface area contributed by atoms with Crippen LogP contribution in [-0.4, -0.2) is 27.8 Å². The Morgan fingerprint density at radius 1 is 1.24 bits per heavy atom. The molecule has 1 atom stereocenters. The van der Waals surface area contributed by atoms with Gasteiger partial charge in [0.05, 0.1) is 23.4 Å². The van der Waals surface area contributed by atoms with Gasteiger partial charge in [-0.05, 0) is 35.9 Å². The lowest BCUT2D eigenvalue weighted by molar-refractivity contribution is -0.137. The minimum atomic E-state index is -4.49. The lowest BCUT2D eigenvalue weighted by atomic mass is 10.1. The summed E-state index contributed by atoms with van der Waals surface area (Å²) < 4.78 is 38.1. The van der Waals surface area contributed by atoms with Gasteiger partial charge in [-0.15, -0.1) is 0 Å². The molecule has 0 radical (unpaired) electrons. The van der Waals surface area contributed by atoms with Crippen molar-refractivity contribution >= 4 is 16.8 Å². The number of aromatic amines is 1. The maximum atomic E-state index is 12.7. The third-order valence-corrected chi connectivity index (χ3v) is 3.76. The zero-order valence-electron chi connectivity index (χ0n) is 12.8. The van der Waals surface area contributed by atoms with E-state index < -0.39 is 23.8 Å². The van der Waals surface area contributed by atoms with Gasteiger partial charge in [0.25, 0.3) is 5.91 Å². The summed E-state index contributed by atoms with van der Waals surface area (Å²) in [5, 5.41) is 19.9. The molecule has 1 aromatic heterocycles. The van der Waals surface area contributed by atoms with Gasteiger partial charge in [-0.3, -0.25) is 9.89 Å². The van der Waals surface area contributed by atoms with Crippen molar-refractivity contribution in [1.82, 2.24) is 15.5 Å². The molecule has 0 aliphatic rings. The summed E-state index contributed by atoms with van der Waals surface area (Å²) in [6.45, 7) is -0.205. The van der Waals surface area contributed by atoms with Crippen molar-refractivity contribution in [2.45, 2.75) is 12.3 Å². The van der Waals surface area contributed by atoms with E-state index in [0.29, 0.717) is 5.56 Å². The second kappa shape index (κ2) is 6.56. The van der Waals surface area contributed by atoms with Gasteiger partial charge in [0.1, 0.15) is 0 Å². The highest BCUT2D eigenvalue weighted by Crippen LogP contribution is 2.30. The molecule has 1 heterocycles. The maximum Gasteiger partial charge on any atom is 0.416 e. The highest BCUT2D eigenvalue weighted by Gasteiger charge is 2.30. The standard InChI is InChI=1S/C17H14F3N3O2/c18-17(19,20)13-3-1-2-10(7-13)15(24)9-21-16(25)11-4-5-14-12(6-11)8-22-23-14/h1-8,15,24H,9H2,(H,21,25)(H,22,23). The van der Waals surface area contributed by atoms with Crippen LogP contribution in [0.2, 0.25) is 0 Å². The van der Waals surface area contributed by atoms with Crippen LogP contribution in [-0.2, 0) is 6.18 Å². The molecule has 5 nitrogen and oxygen atoms in total. The molecule has 0 saturated carbocycles. The Kier molecular flexibility index (Phi) is 4.45. The number of carbonyl (C=O) groups is 1. The van der Waals surface area contributed by atoms with Crippen LogP contribution in [0.3, 0.4) is 0 Å². The Morgan fingerprint density at radius 3 is 2.80 bits per heavy atom. The molecule has 3 rings (SSSR count). The molecule has 130 valence electrons. The summed E-state index contributed by atoms with van der Waals surface area (Å²) in [4.78, 5) is 12.1. The Labute approximate surface area is 140 Å². The SMILES string of the molecule is O=C(NCC(O)c1cccc(C(F)(F)F)c1)c1ccc2[nH]ncc2c1. The van der Waals surface area contributed by atoms with Gasteiger partial charge in [0.15, 0.2) is 0 Å². The maximum absolute atomic E-state index is 12.7. The van der Waals surface area contributed by atoms with Crippen LogP contribution < -0.4 is 5.32 Å². The number of H-pyrrole nitrogens is 1. The van der Waals surface area contributed by atoms with Crippen LogP contribution in [0.4, 0.5) is 13.2 Å². The second-order valence-corrected chi connectivity index (χ2v) is 5.52. The third-order valence-electron chi connectivity index (χ3n) is 3.76. The van der Waals surface area contributed by atoms with Crippen molar-refractivity contribution in [3.63, 3.8) is 0 Å². The van der Waals surface area contributed by atoms with Crippen molar-refractivity contribution in [3.8, 4) is 0 Å². The molecule has 25 heavy (non-hydrogen) atoms. The van der Waals surface area contributed by atoms with Crippen LogP contribution >= 0.6 is 0 Å². The molecule has 1 unspecified atom stereocenters. The van der Waals surface area contributed by atoms with E-state index in [9.17, 15) is 23.1 Å². The Hall–Kier alpha value is -2.87. The molecule has 0 aliphatic heterocycles. The lowest BCUT2D eigenvalue weighted by Gasteiger charge is -2.14. The first-order chi connectivity index (χ1) is 11.8. The number of aliphatic hydroxyl groups excluding tert-OH is 1. The van der Waals surface area contributed by atoms with Crippen LogP contribution in [0.5, 0.6) is 0 Å². The second-order valence-electron chi connectivity index (χ2n) is 5.52. The van der Waals surface area contributed by atoms with Gasteiger partial charge < -0.3 is 10.4 Å². The molecule has 1 amide bonds. The average Bonchev–Trinajstić information content (AvgIpc) is 3.06. The topological polar surface area (TPSA) is 78.0 Å². The predicted octanol–water partition coefficient (Wildman–Crippen LogP) is 3.05. The summed E-state index contributed by atoms with van der Waals surface area (Å²) in [6.07, 6.45) is -4.16. The number of halogens is 3. The van der Waals surface area contributed by atoms with Crippen molar-refractivity contribution in [1.29, 1.82) is 0 Å². The number of fused-ring (bicyclic) bond motifs is 1. The van der Waals surface area contributed by atoms with Crippen LogP contribution in [0.25, 0.3) is 10.9 Å². The van der Waals surface area contributed by atoms with Gasteiger partial charge >= 0.3 is 6.18 Å². The van der Waals surface area contributed by atoms with E-state index in [0.717, 1.165) is 23.0 Å². The van der Waals surface area contributed by atoms with E-state index in [1.165, 1.54) is 12.1 Å². The minimum Gasteiger partial charge on any atom is -0.387 e. The smallest absolute Gasteiger partial charge is 0.387 e. The van der Waals surface area contributed by atoms with Crippen LogP contribution in [0, 0.1) is 0 Å². The van der Waals surface area contributed by atoms with E-state index in [2.05, 4.69) is 15.5 Å². The number of hydrogen-bond donors (Lipinski definition) is 3. The fraction of sp³-hybridized carbons (Fsp3) is 0.176. The number of nitrogens with zero attached hydrogens (tertiary/aromatic N) is 1. The summed E-state index contributed by atoms with van der Waals surface area (Å²) in [7, 11) is 0. The Morgan fingerprint density at radius 2 is 2.04 bits per heavy atom. The monoisotopic (exact) mass is 349 g/mol. The van der Waals surface area contributed by atoms with Crippen molar-refractivity contribution in [2.24, 2.45) is 0 Å². The van der Waals surface area contributed by atoms with Crippen molar-refractivity contribution < 1.29 is 23.1 Å². The molecule has 3 aromatic rings. The van der Waals surface area contributed by atoms with E-state index in [-0.39, 0.29) is 12.1 Å². The molecular formula is C17H14F3N3O2. The Bertz CT molecular complexity index is 905. The van der Waals surface area contributed by atoms with Crippen LogP contribution in [0.15, 0.2) is 48.7 Å². The van der Waals surface area contributed by atoms with Gasteiger partial charge in [0, 0.05) is 17.5 Å². The fourth-order valence-corrected chi connectivity index (χ4v) is 2.42. The first-order valence-electron chi connectivity index (χ1n) is 7.41. The number of carbonyl (C=O) groups excluding carboxylic acids is 1. The van der Waals surface area contributed by atoms with Gasteiger partial charge in [-0.1, -0.05) is 12.1 Å². The minimum absolute atomic E-state index is 0.0837. The highest BCUT2D eigenvalue weighted by molar-refractivity contribution is 5.97. The molecule has 0 spiro atoms. The normalized spacial score (nSPS) is 13.0. The summed E-state index contributed by atoms with van der Waals surface area (Å²) >= 11 is 0. The van der Waals surface area contributed by atoms with Crippen molar-refractivity contribution in [2.75, 3.05) is 6.54 Å². The number of rotatable bonds is 4. The molecular weight excluding hydrogens is 335 g/mol. The number of aliphatic hydroxyl groups is 1. The first-order valence-corrected chi connectivity index (χ1v) is 7.41. The summed E-state index contributed by atoms with van der Waals surface area (Å²) in [5.41, 5.74) is 0.381. The molecule has 0 bridgehead atoms. The van der Waals surface area contributed by atoms with E-state index in [4.69, 9.17) is 0 Å². The number of nitrogens with one attached hydrogen (secondary N) is 2. The molecule has 3 N–H and O–H groups in total. The highest BCUT2D eigenvalue weighted by atomic mass is 19.4.